The summed E-state index contributed by atoms with van der Waals surface area (Å²) in [7, 11) is 0. The molecule has 47 heavy (non-hydrogen) atoms. The summed E-state index contributed by atoms with van der Waals surface area (Å²) < 4.78 is 16.1. The van der Waals surface area contributed by atoms with Crippen LogP contribution in [0.2, 0.25) is 0 Å². The van der Waals surface area contributed by atoms with Crippen molar-refractivity contribution >= 4 is 34.8 Å². The van der Waals surface area contributed by atoms with E-state index in [0.29, 0.717) is 68.3 Å². The number of piperazine rings is 1. The number of unbranched alkanes of at least 4 members (excludes halogenated alkanes) is 2. The SMILES string of the molecule is CCCCCOc1cc2c(cc1C(=O)N1CCN(C(=O)OC(C)(C)C)CC1)n(CC)c(CN1C(=O)c3ccccc3C1=O)[n+]2CCC. The molecule has 0 N–H and O–H groups in total. The Morgan fingerprint density at radius 3 is 2.09 bits per heavy atom. The van der Waals surface area contributed by atoms with Gasteiger partial charge in [0, 0.05) is 38.3 Å². The quantitative estimate of drug-likeness (QED) is 0.157. The lowest BCUT2D eigenvalue weighted by molar-refractivity contribution is -0.680. The van der Waals surface area contributed by atoms with E-state index in [4.69, 9.17) is 9.47 Å². The second kappa shape index (κ2) is 14.1. The first kappa shape index (κ1) is 33.9. The van der Waals surface area contributed by atoms with Crippen molar-refractivity contribution < 1.29 is 33.2 Å². The Labute approximate surface area is 277 Å². The number of ether oxygens (including phenoxy) is 2. The summed E-state index contributed by atoms with van der Waals surface area (Å²) in [6.45, 7) is 15.1. The van der Waals surface area contributed by atoms with Crippen LogP contribution < -0.4 is 9.30 Å². The highest BCUT2D eigenvalue weighted by atomic mass is 16.6. The summed E-state index contributed by atoms with van der Waals surface area (Å²) in [4.78, 5) is 58.2. The van der Waals surface area contributed by atoms with Gasteiger partial charge in [0.05, 0.1) is 36.4 Å². The molecule has 2 aliphatic rings. The average Bonchev–Trinajstić information content (AvgIpc) is 3.47. The predicted octanol–water partition coefficient (Wildman–Crippen LogP) is 5.42. The van der Waals surface area contributed by atoms with E-state index in [1.807, 2.05) is 39.8 Å². The van der Waals surface area contributed by atoms with Gasteiger partial charge in [-0.1, -0.05) is 38.8 Å². The third-order valence-corrected chi connectivity index (χ3v) is 8.68. The maximum atomic E-state index is 14.2. The zero-order chi connectivity index (χ0) is 33.9. The van der Waals surface area contributed by atoms with E-state index in [-0.39, 0.29) is 30.4 Å². The van der Waals surface area contributed by atoms with E-state index < -0.39 is 5.60 Å². The fourth-order valence-corrected chi connectivity index (χ4v) is 6.34. The van der Waals surface area contributed by atoms with Crippen molar-refractivity contribution in [2.75, 3.05) is 32.8 Å². The second-order valence-corrected chi connectivity index (χ2v) is 13.2. The first-order chi connectivity index (χ1) is 22.5. The van der Waals surface area contributed by atoms with Gasteiger partial charge in [0.25, 0.3) is 23.5 Å². The molecule has 3 heterocycles. The molecule has 0 saturated carbocycles. The number of rotatable bonds is 11. The zero-order valence-electron chi connectivity index (χ0n) is 28.6. The molecule has 0 spiro atoms. The number of amides is 4. The van der Waals surface area contributed by atoms with E-state index in [0.717, 1.165) is 42.5 Å². The molecular weight excluding hydrogens is 598 g/mol. The van der Waals surface area contributed by atoms with Crippen molar-refractivity contribution in [3.8, 4) is 5.75 Å². The molecule has 0 aliphatic carbocycles. The summed E-state index contributed by atoms with van der Waals surface area (Å²) in [5, 5.41) is 0. The average molecular weight is 647 g/mol. The van der Waals surface area contributed by atoms with Crippen molar-refractivity contribution in [1.29, 1.82) is 0 Å². The highest BCUT2D eigenvalue weighted by Gasteiger charge is 2.39. The monoisotopic (exact) mass is 646 g/mol. The lowest BCUT2D eigenvalue weighted by Gasteiger charge is -2.35. The second-order valence-electron chi connectivity index (χ2n) is 13.2. The number of carbonyl (C=O) groups is 4. The number of hydrogen-bond donors (Lipinski definition) is 0. The minimum absolute atomic E-state index is 0.109. The van der Waals surface area contributed by atoms with Crippen molar-refractivity contribution in [2.45, 2.75) is 92.5 Å². The van der Waals surface area contributed by atoms with E-state index in [1.54, 1.807) is 34.1 Å². The van der Waals surface area contributed by atoms with Crippen LogP contribution in [0.25, 0.3) is 11.0 Å². The first-order valence-electron chi connectivity index (χ1n) is 16.9. The molecule has 1 aromatic heterocycles. The summed E-state index contributed by atoms with van der Waals surface area (Å²) >= 11 is 0. The fraction of sp³-hybridized carbons (Fsp3) is 0.528. The Hall–Kier alpha value is -4.41. The van der Waals surface area contributed by atoms with Crippen molar-refractivity contribution in [3.63, 3.8) is 0 Å². The lowest BCUT2D eigenvalue weighted by Crippen LogP contribution is -2.51. The fourth-order valence-electron chi connectivity index (χ4n) is 6.34. The van der Waals surface area contributed by atoms with Gasteiger partial charge in [0.2, 0.25) is 0 Å². The van der Waals surface area contributed by atoms with E-state index in [9.17, 15) is 19.2 Å². The van der Waals surface area contributed by atoms with Gasteiger partial charge in [-0.15, -0.1) is 0 Å². The minimum Gasteiger partial charge on any atom is -0.493 e. The van der Waals surface area contributed by atoms with E-state index >= 15 is 0 Å². The Morgan fingerprint density at radius 1 is 0.872 bits per heavy atom. The normalized spacial score (nSPS) is 15.1. The van der Waals surface area contributed by atoms with Gasteiger partial charge in [0.15, 0.2) is 11.0 Å². The maximum Gasteiger partial charge on any atom is 0.410 e. The molecule has 1 fully saturated rings. The summed E-state index contributed by atoms with van der Waals surface area (Å²) in [6.07, 6.45) is 3.39. The van der Waals surface area contributed by atoms with Gasteiger partial charge in [-0.25, -0.2) is 13.9 Å². The van der Waals surface area contributed by atoms with Gasteiger partial charge >= 0.3 is 6.09 Å². The molecule has 0 atom stereocenters. The number of benzene rings is 2. The molecule has 2 aliphatic heterocycles. The molecule has 3 aromatic rings. The number of hydrogen-bond acceptors (Lipinski definition) is 6. The van der Waals surface area contributed by atoms with Gasteiger partial charge in [-0.3, -0.25) is 19.3 Å². The molecule has 0 bridgehead atoms. The molecule has 11 nitrogen and oxygen atoms in total. The van der Waals surface area contributed by atoms with Crippen LogP contribution in [0.4, 0.5) is 4.79 Å². The Balaban J connectivity index is 1.51. The topological polar surface area (TPSA) is 105 Å². The van der Waals surface area contributed by atoms with Gasteiger partial charge < -0.3 is 19.3 Å². The maximum absolute atomic E-state index is 14.2. The third kappa shape index (κ3) is 6.99. The predicted molar refractivity (Wildman–Crippen MR) is 177 cm³/mol. The summed E-state index contributed by atoms with van der Waals surface area (Å²) in [6, 6.07) is 10.8. The minimum atomic E-state index is -0.593. The van der Waals surface area contributed by atoms with Crippen molar-refractivity contribution in [1.82, 2.24) is 19.3 Å². The van der Waals surface area contributed by atoms with Crippen LogP contribution in [0.5, 0.6) is 5.75 Å². The molecule has 4 amide bonds. The molecular formula is C36H48N5O6+. The number of aromatic nitrogens is 2. The van der Waals surface area contributed by atoms with E-state index in [2.05, 4.69) is 23.0 Å². The summed E-state index contributed by atoms with van der Waals surface area (Å²) in [5.41, 5.74) is 2.43. The number of imidazole rings is 1. The molecule has 0 unspecified atom stereocenters. The number of aryl methyl sites for hydroxylation is 2. The molecule has 11 heteroatoms. The molecule has 252 valence electrons. The third-order valence-electron chi connectivity index (χ3n) is 8.68. The molecule has 0 radical (unpaired) electrons. The lowest BCUT2D eigenvalue weighted by atomic mass is 10.1. The number of carbonyl (C=O) groups excluding carboxylic acids is 4. The molecule has 2 aromatic carbocycles. The molecule has 5 rings (SSSR count). The smallest absolute Gasteiger partial charge is 0.410 e. The first-order valence-corrected chi connectivity index (χ1v) is 16.9. The largest absolute Gasteiger partial charge is 0.493 e. The van der Waals surface area contributed by atoms with Crippen LogP contribution in [-0.2, 0) is 24.4 Å². The summed E-state index contributed by atoms with van der Waals surface area (Å²) in [5.74, 6) is 0.560. The van der Waals surface area contributed by atoms with Gasteiger partial charge in [0.1, 0.15) is 17.9 Å². The zero-order valence-corrected chi connectivity index (χ0v) is 28.6. The highest BCUT2D eigenvalue weighted by molar-refractivity contribution is 6.21. The van der Waals surface area contributed by atoms with Gasteiger partial charge in [-0.2, -0.15) is 0 Å². The number of imide groups is 1. The standard InChI is InChI=1S/C36H48N5O6/c1-7-10-13-21-46-30-23-29-28(22-27(30)32(42)37-17-19-38(20-18-37)35(45)47-36(4,5)6)39(9-3)31(40(29)16-8-2)24-41-33(43)25-14-11-12-15-26(25)34(41)44/h11-12,14-15,22-23H,7-10,13,16-21,24H2,1-6H3/q+1. The Bertz CT molecular complexity index is 1630. The van der Waals surface area contributed by atoms with Gasteiger partial charge in [-0.05, 0) is 52.7 Å². The van der Waals surface area contributed by atoms with Crippen LogP contribution in [0.15, 0.2) is 36.4 Å². The van der Waals surface area contributed by atoms with Crippen molar-refractivity contribution in [3.05, 3.63) is 58.9 Å². The van der Waals surface area contributed by atoms with Crippen LogP contribution in [-0.4, -0.2) is 81.5 Å². The Morgan fingerprint density at radius 2 is 1.51 bits per heavy atom. The molecule has 1 saturated heterocycles. The van der Waals surface area contributed by atoms with Crippen LogP contribution >= 0.6 is 0 Å². The van der Waals surface area contributed by atoms with Crippen molar-refractivity contribution in [2.24, 2.45) is 0 Å². The highest BCUT2D eigenvalue weighted by Crippen LogP contribution is 2.30. The van der Waals surface area contributed by atoms with E-state index in [1.165, 1.54) is 4.90 Å². The number of fused-ring (bicyclic) bond motifs is 2. The van der Waals surface area contributed by atoms with Crippen LogP contribution in [0.3, 0.4) is 0 Å². The number of nitrogens with zero attached hydrogens (tertiary/aromatic N) is 5. The van der Waals surface area contributed by atoms with Crippen LogP contribution in [0, 0.1) is 0 Å². The Kier molecular flexibility index (Phi) is 10.2. The van der Waals surface area contributed by atoms with Crippen LogP contribution in [0.1, 0.15) is 104 Å².